The lowest BCUT2D eigenvalue weighted by Gasteiger charge is -2.30. The van der Waals surface area contributed by atoms with Crippen LogP contribution in [0.3, 0.4) is 0 Å². The number of benzene rings is 1. The highest BCUT2D eigenvalue weighted by Gasteiger charge is 2.36. The minimum Gasteiger partial charge on any atom is -0.495 e. The van der Waals surface area contributed by atoms with Crippen LogP contribution in [-0.2, 0) is 4.74 Å². The van der Waals surface area contributed by atoms with Crippen LogP contribution in [0.1, 0.15) is 30.1 Å². The summed E-state index contributed by atoms with van der Waals surface area (Å²) in [4.78, 5) is 19.8. The largest absolute Gasteiger partial charge is 0.495 e. The number of likely N-dealkylation sites (tertiary alicyclic amines) is 1. The second kappa shape index (κ2) is 8.93. The summed E-state index contributed by atoms with van der Waals surface area (Å²) in [7, 11) is 5.91. The molecule has 2 heterocycles. The maximum atomic E-state index is 13.2. The van der Waals surface area contributed by atoms with Crippen molar-refractivity contribution in [2.24, 2.45) is 5.92 Å². The molecule has 0 unspecified atom stereocenters. The smallest absolute Gasteiger partial charge is 0.253 e. The van der Waals surface area contributed by atoms with Gasteiger partial charge in [0.25, 0.3) is 5.91 Å². The van der Waals surface area contributed by atoms with Gasteiger partial charge in [0.2, 0.25) is 0 Å². The maximum Gasteiger partial charge on any atom is 0.253 e. The monoisotopic (exact) mass is 375 g/mol. The first-order valence-electron chi connectivity index (χ1n) is 10.0. The van der Waals surface area contributed by atoms with Crippen LogP contribution in [0.15, 0.2) is 18.2 Å². The number of likely N-dealkylation sites (N-methyl/N-ethyl adjacent to an activating group) is 1. The summed E-state index contributed by atoms with van der Waals surface area (Å²) in [6, 6.07) is 6.24. The van der Waals surface area contributed by atoms with Crippen LogP contribution in [-0.4, -0.2) is 82.3 Å². The van der Waals surface area contributed by atoms with E-state index in [2.05, 4.69) is 30.8 Å². The van der Waals surface area contributed by atoms with E-state index in [1.54, 1.807) is 7.11 Å². The van der Waals surface area contributed by atoms with E-state index in [0.717, 1.165) is 56.0 Å². The fourth-order valence-corrected chi connectivity index (χ4v) is 4.32. The summed E-state index contributed by atoms with van der Waals surface area (Å²) in [6.07, 6.45) is 2.31. The zero-order chi connectivity index (χ0) is 19.4. The lowest BCUT2D eigenvalue weighted by Crippen LogP contribution is -2.37. The predicted octanol–water partition coefficient (Wildman–Crippen LogP) is 2.33. The van der Waals surface area contributed by atoms with E-state index < -0.39 is 0 Å². The quantitative estimate of drug-likeness (QED) is 0.764. The van der Waals surface area contributed by atoms with Gasteiger partial charge in [-0.2, -0.15) is 0 Å². The number of hydrogen-bond donors (Lipinski definition) is 0. The van der Waals surface area contributed by atoms with E-state index in [1.165, 1.54) is 0 Å². The van der Waals surface area contributed by atoms with Gasteiger partial charge in [0, 0.05) is 37.8 Å². The summed E-state index contributed by atoms with van der Waals surface area (Å²) in [5.41, 5.74) is 1.73. The summed E-state index contributed by atoms with van der Waals surface area (Å²) < 4.78 is 11.0. The Bertz CT molecular complexity index is 644. The molecule has 1 aromatic carbocycles. The SMILES string of the molecule is CCC[C@@H]1CN(C(=O)c2ccc(OC)c(N3CCOCC3)c2)C[C@H]1N(C)C. The zero-order valence-electron chi connectivity index (χ0n) is 17.1. The molecule has 27 heavy (non-hydrogen) atoms. The van der Waals surface area contributed by atoms with E-state index in [1.807, 2.05) is 23.1 Å². The van der Waals surface area contributed by atoms with E-state index in [9.17, 15) is 4.79 Å². The van der Waals surface area contributed by atoms with Crippen LogP contribution in [0, 0.1) is 5.92 Å². The number of amides is 1. The van der Waals surface area contributed by atoms with Crippen molar-refractivity contribution in [2.75, 3.05) is 65.5 Å². The molecule has 0 saturated carbocycles. The number of rotatable bonds is 6. The Balaban J connectivity index is 1.80. The molecule has 2 fully saturated rings. The number of hydrogen-bond acceptors (Lipinski definition) is 5. The van der Waals surface area contributed by atoms with Crippen molar-refractivity contribution in [3.8, 4) is 5.75 Å². The van der Waals surface area contributed by atoms with Gasteiger partial charge < -0.3 is 24.2 Å². The second-order valence-electron chi connectivity index (χ2n) is 7.78. The van der Waals surface area contributed by atoms with Crippen LogP contribution >= 0.6 is 0 Å². The van der Waals surface area contributed by atoms with Gasteiger partial charge in [-0.25, -0.2) is 0 Å². The zero-order valence-corrected chi connectivity index (χ0v) is 17.1. The summed E-state index contributed by atoms with van der Waals surface area (Å²) >= 11 is 0. The van der Waals surface area contributed by atoms with Crippen molar-refractivity contribution < 1.29 is 14.3 Å². The fourth-order valence-electron chi connectivity index (χ4n) is 4.32. The number of carbonyl (C=O) groups is 1. The van der Waals surface area contributed by atoms with Gasteiger partial charge in [0.1, 0.15) is 5.75 Å². The summed E-state index contributed by atoms with van der Waals surface area (Å²) in [5, 5.41) is 0. The molecule has 2 aliphatic rings. The molecule has 1 aromatic rings. The minimum absolute atomic E-state index is 0.123. The highest BCUT2D eigenvalue weighted by molar-refractivity contribution is 5.96. The average molecular weight is 376 g/mol. The predicted molar refractivity (Wildman–Crippen MR) is 108 cm³/mol. The van der Waals surface area contributed by atoms with Crippen LogP contribution in [0.25, 0.3) is 0 Å². The molecule has 0 aromatic heterocycles. The third-order valence-corrected chi connectivity index (χ3v) is 5.79. The molecule has 2 aliphatic heterocycles. The number of morpholine rings is 1. The molecule has 0 aliphatic carbocycles. The lowest BCUT2D eigenvalue weighted by atomic mass is 9.98. The Morgan fingerprint density at radius 1 is 1.26 bits per heavy atom. The summed E-state index contributed by atoms with van der Waals surface area (Å²) in [6.45, 7) is 6.91. The van der Waals surface area contributed by atoms with Gasteiger partial charge >= 0.3 is 0 Å². The minimum atomic E-state index is 0.123. The number of methoxy groups -OCH3 is 1. The molecule has 6 nitrogen and oxygen atoms in total. The first-order valence-corrected chi connectivity index (χ1v) is 10.0. The third kappa shape index (κ3) is 4.38. The van der Waals surface area contributed by atoms with Crippen LogP contribution in [0.4, 0.5) is 5.69 Å². The van der Waals surface area contributed by atoms with Crippen molar-refractivity contribution in [3.63, 3.8) is 0 Å². The van der Waals surface area contributed by atoms with Gasteiger partial charge in [-0.05, 0) is 44.6 Å². The van der Waals surface area contributed by atoms with Gasteiger partial charge in [-0.1, -0.05) is 13.3 Å². The Morgan fingerprint density at radius 3 is 2.63 bits per heavy atom. The first kappa shape index (κ1) is 20.0. The van der Waals surface area contributed by atoms with E-state index in [-0.39, 0.29) is 5.91 Å². The Kier molecular flexibility index (Phi) is 6.60. The third-order valence-electron chi connectivity index (χ3n) is 5.79. The average Bonchev–Trinajstić information content (AvgIpc) is 3.12. The van der Waals surface area contributed by atoms with E-state index in [0.29, 0.717) is 25.2 Å². The highest BCUT2D eigenvalue weighted by atomic mass is 16.5. The molecule has 0 spiro atoms. The standard InChI is InChI=1S/C21H33N3O3/c1-5-6-17-14-24(15-19(17)22(2)3)21(25)16-7-8-20(26-4)18(13-16)23-9-11-27-12-10-23/h7-8,13,17,19H,5-6,9-12,14-15H2,1-4H3/t17-,19-/m1/s1. The van der Waals surface area contributed by atoms with Crippen LogP contribution in [0.2, 0.25) is 0 Å². The Labute approximate surface area is 163 Å². The number of ether oxygens (including phenoxy) is 2. The summed E-state index contributed by atoms with van der Waals surface area (Å²) in [5.74, 6) is 1.48. The van der Waals surface area contributed by atoms with Crippen molar-refractivity contribution in [1.29, 1.82) is 0 Å². The molecule has 0 radical (unpaired) electrons. The van der Waals surface area contributed by atoms with E-state index >= 15 is 0 Å². The Morgan fingerprint density at radius 2 is 2.00 bits per heavy atom. The van der Waals surface area contributed by atoms with Crippen molar-refractivity contribution >= 4 is 11.6 Å². The van der Waals surface area contributed by atoms with Gasteiger partial charge in [-0.3, -0.25) is 4.79 Å². The van der Waals surface area contributed by atoms with Crippen molar-refractivity contribution in [3.05, 3.63) is 23.8 Å². The van der Waals surface area contributed by atoms with Gasteiger partial charge in [0.15, 0.2) is 0 Å². The second-order valence-corrected chi connectivity index (χ2v) is 7.78. The van der Waals surface area contributed by atoms with Gasteiger partial charge in [0.05, 0.1) is 26.0 Å². The number of carbonyl (C=O) groups excluding carboxylic acids is 1. The molecule has 0 N–H and O–H groups in total. The molecule has 150 valence electrons. The topological polar surface area (TPSA) is 45.3 Å². The molecule has 3 rings (SSSR count). The molecule has 2 atom stereocenters. The highest BCUT2D eigenvalue weighted by Crippen LogP contribution is 2.32. The first-order chi connectivity index (χ1) is 13.0. The molecule has 1 amide bonds. The van der Waals surface area contributed by atoms with E-state index in [4.69, 9.17) is 9.47 Å². The van der Waals surface area contributed by atoms with Gasteiger partial charge in [-0.15, -0.1) is 0 Å². The normalized spacial score (nSPS) is 23.1. The Hall–Kier alpha value is -1.79. The molecule has 0 bridgehead atoms. The van der Waals surface area contributed by atoms with Crippen LogP contribution in [0.5, 0.6) is 5.75 Å². The fraction of sp³-hybridized carbons (Fsp3) is 0.667. The van der Waals surface area contributed by atoms with Crippen molar-refractivity contribution in [1.82, 2.24) is 9.80 Å². The maximum absolute atomic E-state index is 13.2. The molecule has 6 heteroatoms. The molecular weight excluding hydrogens is 342 g/mol. The van der Waals surface area contributed by atoms with Crippen molar-refractivity contribution in [2.45, 2.75) is 25.8 Å². The van der Waals surface area contributed by atoms with Crippen LogP contribution < -0.4 is 9.64 Å². The molecular formula is C21H33N3O3. The number of nitrogens with zero attached hydrogens (tertiary/aromatic N) is 3. The number of anilines is 1. The lowest BCUT2D eigenvalue weighted by molar-refractivity contribution is 0.0781. The molecule has 2 saturated heterocycles.